The second-order valence-electron chi connectivity index (χ2n) is 5.06. The Bertz CT molecular complexity index is 641. The van der Waals surface area contributed by atoms with Crippen molar-refractivity contribution in [1.82, 2.24) is 5.32 Å². The number of aryl methyl sites for hydroxylation is 1. The first-order chi connectivity index (χ1) is 10.0. The molecule has 2 aromatic rings. The van der Waals surface area contributed by atoms with E-state index in [1.807, 2.05) is 6.07 Å². The van der Waals surface area contributed by atoms with Gasteiger partial charge in [0.15, 0.2) is 0 Å². The van der Waals surface area contributed by atoms with Gasteiger partial charge in [0.05, 0.1) is 0 Å². The molecular formula is C17H18ClF2N. The molecule has 0 radical (unpaired) electrons. The molecule has 21 heavy (non-hydrogen) atoms. The normalized spacial score (nSPS) is 10.9. The summed E-state index contributed by atoms with van der Waals surface area (Å²) >= 11 is 6.03. The first-order valence-corrected chi connectivity index (χ1v) is 7.36. The maximum Gasteiger partial charge on any atom is 0.133 e. The molecule has 0 saturated carbocycles. The molecule has 0 heterocycles. The van der Waals surface area contributed by atoms with Gasteiger partial charge in [-0.1, -0.05) is 24.6 Å². The van der Waals surface area contributed by atoms with E-state index in [1.165, 1.54) is 6.07 Å². The van der Waals surface area contributed by atoms with Gasteiger partial charge in [0, 0.05) is 23.2 Å². The second kappa shape index (κ2) is 7.01. The summed E-state index contributed by atoms with van der Waals surface area (Å²) in [5, 5.41) is 3.88. The van der Waals surface area contributed by atoms with Crippen LogP contribution >= 0.6 is 11.6 Å². The van der Waals surface area contributed by atoms with Crippen LogP contribution in [0.4, 0.5) is 8.78 Å². The monoisotopic (exact) mass is 309 g/mol. The molecule has 1 nitrogen and oxygen atoms in total. The van der Waals surface area contributed by atoms with Crippen molar-refractivity contribution in [1.29, 1.82) is 0 Å². The minimum atomic E-state index is -0.558. The Labute approximate surface area is 128 Å². The van der Waals surface area contributed by atoms with E-state index in [4.69, 9.17) is 11.6 Å². The summed E-state index contributed by atoms with van der Waals surface area (Å²) in [6, 6.07) is 7.79. The Morgan fingerprint density at radius 1 is 1.05 bits per heavy atom. The van der Waals surface area contributed by atoms with Gasteiger partial charge in [-0.15, -0.1) is 0 Å². The highest BCUT2D eigenvalue weighted by molar-refractivity contribution is 6.30. The van der Waals surface area contributed by atoms with Gasteiger partial charge in [-0.3, -0.25) is 0 Å². The van der Waals surface area contributed by atoms with Crippen LogP contribution in [-0.4, -0.2) is 6.54 Å². The zero-order valence-corrected chi connectivity index (χ0v) is 12.9. The van der Waals surface area contributed by atoms with Crippen molar-refractivity contribution in [3.63, 3.8) is 0 Å². The molecule has 0 fully saturated rings. The van der Waals surface area contributed by atoms with E-state index < -0.39 is 11.6 Å². The zero-order chi connectivity index (χ0) is 15.4. The van der Waals surface area contributed by atoms with Crippen molar-refractivity contribution in [3.8, 4) is 11.1 Å². The Morgan fingerprint density at radius 3 is 2.52 bits per heavy atom. The van der Waals surface area contributed by atoms with Crippen LogP contribution in [0.3, 0.4) is 0 Å². The van der Waals surface area contributed by atoms with Gasteiger partial charge in [-0.2, -0.15) is 0 Å². The highest BCUT2D eigenvalue weighted by Gasteiger charge is 2.13. The Kier molecular flexibility index (Phi) is 5.32. The van der Waals surface area contributed by atoms with E-state index >= 15 is 0 Å². The van der Waals surface area contributed by atoms with Gasteiger partial charge < -0.3 is 5.32 Å². The Balaban J connectivity index is 2.45. The number of nitrogens with one attached hydrogen (secondary N) is 1. The van der Waals surface area contributed by atoms with Gasteiger partial charge in [-0.25, -0.2) is 8.78 Å². The summed E-state index contributed by atoms with van der Waals surface area (Å²) in [4.78, 5) is 0. The molecule has 0 aliphatic heterocycles. The summed E-state index contributed by atoms with van der Waals surface area (Å²) in [7, 11) is 0. The van der Waals surface area contributed by atoms with Gasteiger partial charge in [0.25, 0.3) is 0 Å². The van der Waals surface area contributed by atoms with E-state index in [0.717, 1.165) is 30.2 Å². The highest BCUT2D eigenvalue weighted by Crippen LogP contribution is 2.30. The molecule has 0 aliphatic rings. The molecular weight excluding hydrogens is 292 g/mol. The van der Waals surface area contributed by atoms with E-state index in [9.17, 15) is 8.78 Å². The van der Waals surface area contributed by atoms with Crippen molar-refractivity contribution >= 4 is 11.6 Å². The summed E-state index contributed by atoms with van der Waals surface area (Å²) in [5.41, 5.74) is 2.47. The van der Waals surface area contributed by atoms with Crippen molar-refractivity contribution < 1.29 is 8.78 Å². The van der Waals surface area contributed by atoms with Gasteiger partial charge in [0.1, 0.15) is 11.6 Å². The number of hydrogen-bond acceptors (Lipinski definition) is 1. The van der Waals surface area contributed by atoms with Crippen molar-refractivity contribution in [3.05, 3.63) is 58.1 Å². The molecule has 0 saturated heterocycles. The molecule has 0 atom stereocenters. The van der Waals surface area contributed by atoms with Gasteiger partial charge in [0.2, 0.25) is 0 Å². The van der Waals surface area contributed by atoms with Crippen LogP contribution in [0.15, 0.2) is 30.3 Å². The summed E-state index contributed by atoms with van der Waals surface area (Å²) in [5.74, 6) is -1.09. The predicted octanol–water partition coefficient (Wildman–Crippen LogP) is 5.09. The lowest BCUT2D eigenvalue weighted by atomic mass is 9.97. The smallest absolute Gasteiger partial charge is 0.133 e. The lowest BCUT2D eigenvalue weighted by Gasteiger charge is -2.13. The summed E-state index contributed by atoms with van der Waals surface area (Å²) in [6.07, 6.45) is 1.01. The predicted molar refractivity (Wildman–Crippen MR) is 83.5 cm³/mol. The van der Waals surface area contributed by atoms with E-state index in [1.54, 1.807) is 19.1 Å². The van der Waals surface area contributed by atoms with Crippen molar-refractivity contribution in [2.45, 2.75) is 26.8 Å². The van der Waals surface area contributed by atoms with E-state index in [-0.39, 0.29) is 0 Å². The van der Waals surface area contributed by atoms with Crippen LogP contribution in [-0.2, 0) is 6.54 Å². The first-order valence-electron chi connectivity index (χ1n) is 6.98. The third-order valence-electron chi connectivity index (χ3n) is 3.35. The standard InChI is InChI=1S/C17H18ClF2N/c1-3-6-21-10-12-8-13(18)4-5-14(12)15-7-11(2)16(19)9-17(15)20/h4-5,7-9,21H,3,6,10H2,1-2H3. The second-order valence-corrected chi connectivity index (χ2v) is 5.50. The summed E-state index contributed by atoms with van der Waals surface area (Å²) < 4.78 is 27.5. The topological polar surface area (TPSA) is 12.0 Å². The fraction of sp³-hybridized carbons (Fsp3) is 0.294. The van der Waals surface area contributed by atoms with Crippen LogP contribution in [0, 0.1) is 18.6 Å². The van der Waals surface area contributed by atoms with E-state index in [0.29, 0.717) is 22.7 Å². The largest absolute Gasteiger partial charge is 0.313 e. The molecule has 2 aromatic carbocycles. The molecule has 2 rings (SSSR count). The summed E-state index contributed by atoms with van der Waals surface area (Å²) in [6.45, 7) is 5.18. The molecule has 4 heteroatoms. The minimum Gasteiger partial charge on any atom is -0.313 e. The quantitative estimate of drug-likeness (QED) is 0.758. The lowest BCUT2D eigenvalue weighted by molar-refractivity contribution is 0.579. The third kappa shape index (κ3) is 3.80. The van der Waals surface area contributed by atoms with E-state index in [2.05, 4.69) is 12.2 Å². The zero-order valence-electron chi connectivity index (χ0n) is 12.1. The van der Waals surface area contributed by atoms with Crippen LogP contribution in [0.1, 0.15) is 24.5 Å². The Morgan fingerprint density at radius 2 is 1.81 bits per heavy atom. The molecule has 0 amide bonds. The van der Waals surface area contributed by atoms with Gasteiger partial charge >= 0.3 is 0 Å². The maximum absolute atomic E-state index is 14.1. The molecule has 1 N–H and O–H groups in total. The minimum absolute atomic E-state index is 0.402. The molecule has 0 unspecified atom stereocenters. The fourth-order valence-corrected chi connectivity index (χ4v) is 2.43. The molecule has 0 bridgehead atoms. The van der Waals surface area contributed by atoms with Crippen LogP contribution < -0.4 is 5.32 Å². The highest BCUT2D eigenvalue weighted by atomic mass is 35.5. The lowest BCUT2D eigenvalue weighted by Crippen LogP contribution is -2.14. The maximum atomic E-state index is 14.1. The number of hydrogen-bond donors (Lipinski definition) is 1. The van der Waals surface area contributed by atoms with Crippen LogP contribution in [0.2, 0.25) is 5.02 Å². The SMILES string of the molecule is CCCNCc1cc(Cl)ccc1-c1cc(C)c(F)cc1F. The number of benzene rings is 2. The average Bonchev–Trinajstić information content (AvgIpc) is 2.44. The molecule has 0 spiro atoms. The first kappa shape index (κ1) is 15.9. The van der Waals surface area contributed by atoms with Crippen molar-refractivity contribution in [2.75, 3.05) is 6.54 Å². The average molecular weight is 310 g/mol. The number of rotatable bonds is 5. The van der Waals surface area contributed by atoms with Gasteiger partial charge in [-0.05, 0) is 54.8 Å². The molecule has 0 aromatic heterocycles. The van der Waals surface area contributed by atoms with Crippen LogP contribution in [0.5, 0.6) is 0 Å². The van der Waals surface area contributed by atoms with Crippen molar-refractivity contribution in [2.24, 2.45) is 0 Å². The Hall–Kier alpha value is -1.45. The molecule has 0 aliphatic carbocycles. The fourth-order valence-electron chi connectivity index (χ4n) is 2.23. The number of halogens is 3. The third-order valence-corrected chi connectivity index (χ3v) is 3.58. The van der Waals surface area contributed by atoms with Crippen LogP contribution in [0.25, 0.3) is 11.1 Å². The molecule has 112 valence electrons.